The highest BCUT2D eigenvalue weighted by Gasteiger charge is 2.80. The van der Waals surface area contributed by atoms with E-state index in [9.17, 15) is 25.3 Å². The molecule has 0 radical (unpaired) electrons. The number of carbonyl (C=O) groups excluding carboxylic acids is 1. The van der Waals surface area contributed by atoms with Crippen LogP contribution in [0.2, 0.25) is 0 Å². The van der Waals surface area contributed by atoms with Crippen LogP contribution in [-0.4, -0.2) is 73.2 Å². The van der Waals surface area contributed by atoms with Crippen molar-refractivity contribution >= 4 is 5.78 Å². The Morgan fingerprint density at radius 1 is 1.24 bits per heavy atom. The summed E-state index contributed by atoms with van der Waals surface area (Å²) in [6.07, 6.45) is 4.48. The maximum atomic E-state index is 17.3. The Balaban J connectivity index is 1.63. The van der Waals surface area contributed by atoms with Crippen LogP contribution in [-0.2, 0) is 9.53 Å². The molecular formula is C26H38FNO6. The van der Waals surface area contributed by atoms with Crippen molar-refractivity contribution in [1.29, 1.82) is 0 Å². The maximum Gasteiger partial charge on any atom is 0.196 e. The molecule has 3 unspecified atom stereocenters. The summed E-state index contributed by atoms with van der Waals surface area (Å²) in [5.41, 5.74) is -7.85. The molecule has 3 saturated carbocycles. The fourth-order valence-corrected chi connectivity index (χ4v) is 8.79. The van der Waals surface area contributed by atoms with Crippen molar-refractivity contribution in [2.75, 3.05) is 13.2 Å². The Hall–Kier alpha value is -1.16. The lowest BCUT2D eigenvalue weighted by molar-refractivity contribution is -0.361. The van der Waals surface area contributed by atoms with Crippen LogP contribution in [0.4, 0.5) is 4.39 Å². The van der Waals surface area contributed by atoms with Crippen LogP contribution in [0.3, 0.4) is 0 Å². The van der Waals surface area contributed by atoms with Crippen LogP contribution in [0.25, 0.3) is 0 Å². The summed E-state index contributed by atoms with van der Waals surface area (Å²) in [5.74, 6) is -1.51. The topological polar surface area (TPSA) is 110 Å². The van der Waals surface area contributed by atoms with Gasteiger partial charge in [0.15, 0.2) is 17.2 Å². The van der Waals surface area contributed by atoms with Gasteiger partial charge in [0.05, 0.1) is 24.9 Å². The Morgan fingerprint density at radius 2 is 1.91 bits per heavy atom. The van der Waals surface area contributed by atoms with E-state index in [1.54, 1.807) is 26.8 Å². The largest absolute Gasteiger partial charge is 0.392 e. The number of carbonyl (C=O) groups is 1. The van der Waals surface area contributed by atoms with Gasteiger partial charge in [-0.25, -0.2) is 4.39 Å². The molecule has 0 amide bonds. The predicted octanol–water partition coefficient (Wildman–Crippen LogP) is 2.52. The number of rotatable bonds is 2. The molecule has 5 aliphatic rings. The zero-order valence-electron chi connectivity index (χ0n) is 20.7. The van der Waals surface area contributed by atoms with Crippen molar-refractivity contribution in [2.45, 2.75) is 88.9 Å². The molecule has 0 bridgehead atoms. The first-order valence-corrected chi connectivity index (χ1v) is 12.4. The summed E-state index contributed by atoms with van der Waals surface area (Å²) in [5, 5.41) is 46.7. The maximum absolute atomic E-state index is 17.3. The fourth-order valence-electron chi connectivity index (χ4n) is 8.79. The summed E-state index contributed by atoms with van der Waals surface area (Å²) >= 11 is 0. The summed E-state index contributed by atoms with van der Waals surface area (Å²) in [7, 11) is 0. The number of ketones is 1. The minimum atomic E-state index is -2.01. The van der Waals surface area contributed by atoms with Crippen LogP contribution in [0, 0.1) is 28.6 Å². The molecule has 1 heterocycles. The number of hydroxylamine groups is 2. The standard InChI is InChI=1S/C26H38FNO6/c1-15-10-19-18-7-6-16-11-17(30)8-9-22(16,4)25(18,27)20(31)12-23(19,5)26(15,32)24(13-29)28(33)21(2,3)14-34-24/h8-9,11,15,18-20,29,31-33H,6-7,10,12-14H2,1-5H3/t15-,18?,19?,20+,22+,23+,24?,25+,26-/m1/s1. The van der Waals surface area contributed by atoms with Gasteiger partial charge < -0.3 is 25.3 Å². The first kappa shape index (κ1) is 24.5. The smallest absolute Gasteiger partial charge is 0.196 e. The summed E-state index contributed by atoms with van der Waals surface area (Å²) in [6.45, 7) is 8.45. The molecule has 0 spiro atoms. The van der Waals surface area contributed by atoms with E-state index in [4.69, 9.17) is 4.74 Å². The van der Waals surface area contributed by atoms with E-state index >= 15 is 4.39 Å². The molecule has 1 aliphatic heterocycles. The van der Waals surface area contributed by atoms with E-state index in [1.807, 2.05) is 13.8 Å². The zero-order chi connectivity index (χ0) is 25.1. The average Bonchev–Trinajstić information content (AvgIpc) is 3.13. The molecule has 5 rings (SSSR count). The van der Waals surface area contributed by atoms with Gasteiger partial charge >= 0.3 is 0 Å². The van der Waals surface area contributed by atoms with Crippen molar-refractivity contribution in [1.82, 2.24) is 5.06 Å². The zero-order valence-corrected chi connectivity index (χ0v) is 20.7. The normalized spacial score (nSPS) is 54.4. The van der Waals surface area contributed by atoms with E-state index < -0.39 is 57.9 Å². The molecule has 0 aromatic heterocycles. The lowest BCUT2D eigenvalue weighted by Crippen LogP contribution is -2.75. The number of allylic oxidation sites excluding steroid dienone is 4. The lowest BCUT2D eigenvalue weighted by Gasteiger charge is -2.64. The second-order valence-corrected chi connectivity index (χ2v) is 12.5. The number of aliphatic hydroxyl groups is 3. The van der Waals surface area contributed by atoms with Gasteiger partial charge in [0.25, 0.3) is 0 Å². The monoisotopic (exact) mass is 479 g/mol. The quantitative estimate of drug-likeness (QED) is 0.482. The van der Waals surface area contributed by atoms with Gasteiger partial charge in [0.1, 0.15) is 5.60 Å². The average molecular weight is 480 g/mol. The third-order valence-corrected chi connectivity index (χ3v) is 10.6. The van der Waals surface area contributed by atoms with Crippen LogP contribution < -0.4 is 0 Å². The molecule has 8 heteroatoms. The van der Waals surface area contributed by atoms with Crippen molar-refractivity contribution in [3.63, 3.8) is 0 Å². The van der Waals surface area contributed by atoms with Gasteiger partial charge in [0, 0.05) is 16.7 Å². The van der Waals surface area contributed by atoms with Gasteiger partial charge in [-0.05, 0) is 70.4 Å². The molecular weight excluding hydrogens is 441 g/mol. The van der Waals surface area contributed by atoms with Crippen molar-refractivity contribution in [2.24, 2.45) is 28.6 Å². The summed E-state index contributed by atoms with van der Waals surface area (Å²) < 4.78 is 23.4. The minimum absolute atomic E-state index is 0.0600. The van der Waals surface area contributed by atoms with Gasteiger partial charge in [-0.1, -0.05) is 25.5 Å². The molecule has 4 N–H and O–H groups in total. The van der Waals surface area contributed by atoms with E-state index in [0.29, 0.717) is 24.8 Å². The van der Waals surface area contributed by atoms with E-state index in [0.717, 1.165) is 5.06 Å². The number of aliphatic hydroxyl groups excluding tert-OH is 2. The molecule has 9 atom stereocenters. The molecule has 0 aromatic rings. The Labute approximate surface area is 200 Å². The second kappa shape index (κ2) is 6.99. The van der Waals surface area contributed by atoms with Crippen molar-refractivity contribution < 1.29 is 34.4 Å². The SMILES string of the molecule is C[C@@H]1CC2C3CCC4=CC(=O)C=C[C@]4(C)[C@@]3(F)[C@@H](O)C[C@]2(C)[C@@]1(O)C1(CO)OCC(C)(C)N1O. The van der Waals surface area contributed by atoms with Gasteiger partial charge in [-0.3, -0.25) is 4.79 Å². The van der Waals surface area contributed by atoms with Crippen LogP contribution in [0.5, 0.6) is 0 Å². The van der Waals surface area contributed by atoms with Crippen molar-refractivity contribution in [3.05, 3.63) is 23.8 Å². The minimum Gasteiger partial charge on any atom is -0.392 e. The predicted molar refractivity (Wildman–Crippen MR) is 121 cm³/mol. The van der Waals surface area contributed by atoms with Crippen molar-refractivity contribution in [3.8, 4) is 0 Å². The number of hydrogen-bond donors (Lipinski definition) is 4. The molecule has 7 nitrogen and oxygen atoms in total. The third-order valence-electron chi connectivity index (χ3n) is 10.6. The lowest BCUT2D eigenvalue weighted by atomic mass is 9.44. The van der Waals surface area contributed by atoms with E-state index in [2.05, 4.69) is 0 Å². The van der Waals surface area contributed by atoms with E-state index in [-0.39, 0.29) is 24.7 Å². The fraction of sp³-hybridized carbons (Fsp3) is 0.808. The summed E-state index contributed by atoms with van der Waals surface area (Å²) in [4.78, 5) is 12.0. The van der Waals surface area contributed by atoms with E-state index in [1.165, 1.54) is 12.2 Å². The Morgan fingerprint density at radius 3 is 2.50 bits per heavy atom. The summed E-state index contributed by atoms with van der Waals surface area (Å²) in [6, 6.07) is 0. The highest BCUT2D eigenvalue weighted by Crippen LogP contribution is 2.72. The molecule has 1 saturated heterocycles. The molecule has 4 fully saturated rings. The highest BCUT2D eigenvalue weighted by atomic mass is 19.1. The number of nitrogens with zero attached hydrogens (tertiary/aromatic N) is 1. The number of ether oxygens (including phenoxy) is 1. The van der Waals surface area contributed by atoms with Crippen LogP contribution in [0.1, 0.15) is 60.3 Å². The number of fused-ring (bicyclic) bond motifs is 5. The molecule has 34 heavy (non-hydrogen) atoms. The van der Waals surface area contributed by atoms with Crippen LogP contribution in [0.15, 0.2) is 23.8 Å². The highest BCUT2D eigenvalue weighted by molar-refractivity contribution is 6.01. The third kappa shape index (κ3) is 2.45. The van der Waals surface area contributed by atoms with Gasteiger partial charge in [0.2, 0.25) is 0 Å². The first-order valence-electron chi connectivity index (χ1n) is 12.4. The molecule has 190 valence electrons. The Kier molecular flexibility index (Phi) is 5.04. The number of halogens is 1. The molecule has 0 aromatic carbocycles. The number of alkyl halides is 1. The first-order chi connectivity index (χ1) is 15.7. The van der Waals surface area contributed by atoms with Gasteiger partial charge in [-0.15, -0.1) is 5.06 Å². The van der Waals surface area contributed by atoms with Gasteiger partial charge in [-0.2, -0.15) is 0 Å². The van der Waals surface area contributed by atoms with Crippen LogP contribution >= 0.6 is 0 Å². The Bertz CT molecular complexity index is 982. The second-order valence-electron chi connectivity index (χ2n) is 12.5. The molecule has 4 aliphatic carbocycles. The number of hydrogen-bond acceptors (Lipinski definition) is 7.